The molecule has 52 heteroatoms. The van der Waals surface area contributed by atoms with Crippen LogP contribution in [0.3, 0.4) is 0 Å². The van der Waals surface area contributed by atoms with E-state index in [2.05, 4.69) is 82.4 Å². The van der Waals surface area contributed by atoms with Gasteiger partial charge in [-0.1, -0.05) is 41.5 Å². The van der Waals surface area contributed by atoms with Gasteiger partial charge in [0.2, 0.25) is 59.2 Å². The number of nitrogens with two attached hydrogens (primary N) is 10. The Morgan fingerprint density at radius 1 is 0.480 bits per heavy atom. The number of hydrogen-bond donors (Lipinski definition) is 24. The number of Topliss-reactive ketones (excluding diaryl/α,β-unsaturated/α-hetero) is 2. The molecule has 5 atom stereocenters. The number of hydrogen-bond acceptors (Lipinski definition) is 31. The number of H-pyrrole nitrogens is 3. The summed E-state index contributed by atoms with van der Waals surface area (Å²) in [5, 5.41) is 45.5. The Kier molecular flexibility index (Phi) is 46.5. The van der Waals surface area contributed by atoms with Gasteiger partial charge in [-0.25, -0.2) is 19.6 Å². The first-order chi connectivity index (χ1) is 59.0. The lowest BCUT2D eigenvalue weighted by atomic mass is 10.1. The van der Waals surface area contributed by atoms with Gasteiger partial charge in [-0.05, 0) is 103 Å². The molecule has 34 N–H and O–H groups in total. The Labute approximate surface area is 731 Å². The van der Waals surface area contributed by atoms with Gasteiger partial charge in [-0.2, -0.15) is 15.0 Å². The van der Waals surface area contributed by atoms with Crippen LogP contribution in [-0.2, 0) is 74.1 Å². The van der Waals surface area contributed by atoms with Gasteiger partial charge < -0.3 is 123 Å². The highest BCUT2D eigenvalue weighted by Gasteiger charge is 2.31. The fraction of sp³-hybridized carbons (Fsp3) is 0.587. The number of aromatic amines is 3. The second kappa shape index (κ2) is 54.9. The van der Waals surface area contributed by atoms with E-state index in [1.54, 1.807) is 0 Å². The highest BCUT2D eigenvalue weighted by molar-refractivity contribution is 5.91. The summed E-state index contributed by atoms with van der Waals surface area (Å²) >= 11 is 0. The first-order valence-corrected chi connectivity index (χ1v) is 40.2. The number of aryl methyl sites for hydroxylation is 1. The van der Waals surface area contributed by atoms with E-state index in [9.17, 15) is 71.9 Å². The quantitative estimate of drug-likeness (QED) is 0.00958. The molecule has 0 radical (unpaired) electrons. The van der Waals surface area contributed by atoms with Gasteiger partial charge >= 0.3 is 11.4 Å². The van der Waals surface area contributed by atoms with Crippen molar-refractivity contribution in [1.82, 2.24) is 120 Å². The number of nitrogens with one attached hydrogen (secondary N) is 14. The number of ketones is 2. The van der Waals surface area contributed by atoms with Gasteiger partial charge in [-0.15, -0.1) is 0 Å². The smallest absolute Gasteiger partial charge is 0.349 e. The summed E-state index contributed by atoms with van der Waals surface area (Å²) in [6.07, 6.45) is 9.88. The van der Waals surface area contributed by atoms with Gasteiger partial charge in [0.25, 0.3) is 16.7 Å². The number of aromatic nitrogens is 12. The zero-order valence-corrected chi connectivity index (χ0v) is 69.2. The first-order valence-electron chi connectivity index (χ1n) is 40.2. The van der Waals surface area contributed by atoms with Gasteiger partial charge in [0.05, 0.1) is 64.0 Å². The van der Waals surface area contributed by atoms with E-state index in [-0.39, 0.29) is 157 Å². The van der Waals surface area contributed by atoms with E-state index in [0.29, 0.717) is 70.9 Å². The molecule has 6 aromatic heterocycles. The molecule has 6 aromatic rings. The molecule has 127 heavy (non-hydrogen) atoms. The second-order valence-corrected chi connectivity index (χ2v) is 29.6. The molecule has 0 aromatic carbocycles. The molecule has 0 aliphatic rings. The Hall–Kier alpha value is -13.6. The molecule has 0 aliphatic carbocycles. The largest absolute Gasteiger partial charge is 0.383 e. The summed E-state index contributed by atoms with van der Waals surface area (Å²) in [4.78, 5) is 239. The molecule has 704 valence electrons. The van der Waals surface area contributed by atoms with Crippen molar-refractivity contribution >= 4 is 117 Å². The summed E-state index contributed by atoms with van der Waals surface area (Å²) in [6.45, 7) is -5.87. The Morgan fingerprint density at radius 3 is 1.40 bits per heavy atom. The van der Waals surface area contributed by atoms with E-state index in [1.165, 1.54) is 39.5 Å². The van der Waals surface area contributed by atoms with Crippen molar-refractivity contribution in [2.24, 2.45) is 40.1 Å². The minimum absolute atomic E-state index is 0. The van der Waals surface area contributed by atoms with Crippen LogP contribution in [0.5, 0.6) is 0 Å². The number of carbonyl (C=O) groups excluding carboxylic acids is 10. The van der Waals surface area contributed by atoms with Crippen molar-refractivity contribution in [3.63, 3.8) is 0 Å². The van der Waals surface area contributed by atoms with Crippen molar-refractivity contribution < 1.29 is 47.9 Å². The molecule has 0 saturated carbocycles. The van der Waals surface area contributed by atoms with Crippen LogP contribution in [-0.4, -0.2) is 289 Å². The number of anilines is 3. The van der Waals surface area contributed by atoms with E-state index >= 15 is 0 Å². The molecule has 0 saturated heterocycles. The first kappa shape index (κ1) is 108. The Balaban J connectivity index is 0.0000139. The van der Waals surface area contributed by atoms with Crippen LogP contribution in [0.4, 0.5) is 17.7 Å². The number of rotatable bonds is 58. The molecular formula is C75H129N37O15. The van der Waals surface area contributed by atoms with E-state index in [0.717, 1.165) is 36.4 Å². The standard InChI is InChI=1S/C72H117N37O15.3CH4/c1-42-28-107(72(124)101-62(42)119)37-53(114)102(35-52(113)94-44(13-5-10-21-88-67(80)81)30-104(33-47(111)27-91-49(59(77)118)16-3-8-19-74)55(116)38-108-40-92-57-60(108)97-69(84)99-64(57)121)25-23-86-51(112)34-106(54(115)36-103-24-17-50(76)96-71(103)123)29-43(12-4-9-20-87-66(78)79)90-26-46(110)32-105(56(117)39-109-41-93-58-61(109)98-70(85)100-65(58)122)31-45(14-6-11-22-89-68(82)83)95-63(120)48(75)15-2-7-18-73;;;/h17,24,28,40-41,43-45,48-49,90-91H,2-16,18-23,25-27,29-39,73-75H2,1H3,(H2,77,118)(H,86,112)(H,94,113)(H,95,120)(H2,76,96,123)(H4,78,79,87)(H4,80,81,88)(H4,82,83,89)(H,101,119,124)(H3,84,97,99,121)(H3,85,98,100,122);3*1H4/t43-,44-,45-,48-,49-;;;/m0.../s1. The molecule has 0 aliphatic heterocycles. The summed E-state index contributed by atoms with van der Waals surface area (Å²) in [7, 11) is 0. The van der Waals surface area contributed by atoms with Crippen LogP contribution in [0.25, 0.3) is 22.3 Å². The zero-order chi connectivity index (χ0) is 91.1. The van der Waals surface area contributed by atoms with E-state index < -0.39 is 202 Å². The number of unbranched alkanes of at least 4 members (excludes halogenated alkanes) is 5. The number of fused-ring (bicyclic) bond motifs is 2. The summed E-state index contributed by atoms with van der Waals surface area (Å²) < 4.78 is 4.26. The number of primary amides is 1. The predicted octanol–water partition coefficient (Wildman–Crippen LogP) is -8.49. The Bertz CT molecular complexity index is 5000. The lowest BCUT2D eigenvalue weighted by Crippen LogP contribution is -2.53. The minimum Gasteiger partial charge on any atom is -0.383 e. The van der Waals surface area contributed by atoms with Gasteiger partial charge in [0.15, 0.2) is 51.8 Å². The molecular weight excluding hydrogens is 1660 g/mol. The van der Waals surface area contributed by atoms with Crippen molar-refractivity contribution in [1.29, 1.82) is 16.2 Å². The lowest BCUT2D eigenvalue weighted by Gasteiger charge is -2.30. The monoisotopic (exact) mass is 1790 g/mol. The fourth-order valence-electron chi connectivity index (χ4n) is 13.0. The third-order valence-corrected chi connectivity index (χ3v) is 19.5. The van der Waals surface area contributed by atoms with Crippen molar-refractivity contribution in [3.05, 3.63) is 88.7 Å². The van der Waals surface area contributed by atoms with Crippen LogP contribution in [0.15, 0.2) is 55.1 Å². The van der Waals surface area contributed by atoms with Crippen LogP contribution in [0, 0.1) is 23.2 Å². The van der Waals surface area contributed by atoms with E-state index in [4.69, 9.17) is 73.6 Å². The third-order valence-electron chi connectivity index (χ3n) is 19.5. The predicted molar refractivity (Wildman–Crippen MR) is 475 cm³/mol. The average molecular weight is 1790 g/mol. The molecule has 0 fully saturated rings. The fourth-order valence-corrected chi connectivity index (χ4v) is 13.0. The molecule has 0 spiro atoms. The number of imidazole rings is 2. The van der Waals surface area contributed by atoms with Crippen LogP contribution < -0.4 is 128 Å². The van der Waals surface area contributed by atoms with Crippen molar-refractivity contribution in [3.8, 4) is 0 Å². The summed E-state index contributed by atoms with van der Waals surface area (Å²) in [5.41, 5.74) is 53.0. The second-order valence-electron chi connectivity index (χ2n) is 29.6. The summed E-state index contributed by atoms with van der Waals surface area (Å²) in [6, 6.07) is -3.52. The maximum atomic E-state index is 14.8. The lowest BCUT2D eigenvalue weighted by molar-refractivity contribution is -0.138. The maximum Gasteiger partial charge on any atom is 0.349 e. The summed E-state index contributed by atoms with van der Waals surface area (Å²) in [5.74, 6) is -9.28. The van der Waals surface area contributed by atoms with Gasteiger partial charge in [0, 0.05) is 88.4 Å². The topological polar surface area (TPSA) is 829 Å². The third kappa shape index (κ3) is 37.4. The molecule has 8 amide bonds. The van der Waals surface area contributed by atoms with E-state index in [1.807, 2.05) is 0 Å². The van der Waals surface area contributed by atoms with Gasteiger partial charge in [-0.3, -0.25) is 108 Å². The zero-order valence-electron chi connectivity index (χ0n) is 69.2. The SMILES string of the molecule is C.C.C.Cc1cn(CC(=O)N(CCNC(=O)CN(C[C@H](CCCCNC(=N)N)NCC(=O)CN(C[C@H](CCCCNC(=N)N)NC(=O)[C@@H](N)CCCCN)C(=O)Cn2cnc3c(=O)[nH]c(N)nc32)C(=O)Cn2ccc(N)nc2=O)CC(=O)N[C@@H](CCCCNC(=N)N)CN(CC(=O)CN[C@@H](CCCCN)C(N)=O)C(=O)Cn2cnc3c(=O)[nH]c(N)nc32)c(=O)[nH]c1=O. The number of amides is 8. The molecule has 6 heterocycles. The Morgan fingerprint density at radius 2 is 0.913 bits per heavy atom. The van der Waals surface area contributed by atoms with Gasteiger partial charge in [0.1, 0.15) is 32.0 Å². The molecule has 6 rings (SSSR count). The van der Waals surface area contributed by atoms with Crippen molar-refractivity contribution in [2.45, 2.75) is 182 Å². The highest BCUT2D eigenvalue weighted by atomic mass is 16.2. The van der Waals surface area contributed by atoms with Crippen LogP contribution >= 0.6 is 0 Å². The van der Waals surface area contributed by atoms with Crippen molar-refractivity contribution in [2.75, 3.05) is 122 Å². The molecule has 0 bridgehead atoms. The normalized spacial score (nSPS) is 12.1. The average Bonchev–Trinajstić information content (AvgIpc) is 1.66. The number of carbonyl (C=O) groups is 10. The molecule has 0 unspecified atom stereocenters. The highest BCUT2D eigenvalue weighted by Crippen LogP contribution is 2.15. The maximum absolute atomic E-state index is 14.8. The van der Waals surface area contributed by atoms with Crippen LogP contribution in [0.2, 0.25) is 0 Å². The molecule has 52 nitrogen and oxygen atoms in total. The van der Waals surface area contributed by atoms with Crippen LogP contribution in [0.1, 0.15) is 124 Å². The number of nitrogen functional groups attached to an aromatic ring is 3. The number of guanidine groups is 3. The number of nitrogens with zero attached hydrogens (tertiary/aromatic N) is 13. The minimum atomic E-state index is -1.07.